The van der Waals surface area contributed by atoms with Crippen molar-refractivity contribution in [1.82, 2.24) is 0 Å². The standard InChI is InChI=1S/C21H26N2O3S2/c1-5-26-21(25)18-16-9-10-23(13(2)3)12-17(16)28-20(18)22-19(24)14-7-6-8-15(11-14)27-4/h6-8,11,13H,5,9-10,12H2,1-4H3,(H,22,24)/p+1. The third-order valence-corrected chi connectivity index (χ3v) is 6.90. The Balaban J connectivity index is 1.93. The minimum atomic E-state index is -0.346. The summed E-state index contributed by atoms with van der Waals surface area (Å²) in [6.07, 6.45) is 2.80. The Kier molecular flexibility index (Phi) is 6.80. The number of fused-ring (bicyclic) bond motifs is 1. The second-order valence-corrected chi connectivity index (χ2v) is 9.09. The minimum Gasteiger partial charge on any atom is -0.462 e. The molecule has 2 aromatic rings. The Morgan fingerprint density at radius 1 is 1.36 bits per heavy atom. The number of ether oxygens (including phenoxy) is 1. The second kappa shape index (κ2) is 9.11. The van der Waals surface area contributed by atoms with Crippen LogP contribution in [-0.2, 0) is 17.7 Å². The van der Waals surface area contributed by atoms with E-state index >= 15 is 0 Å². The topological polar surface area (TPSA) is 59.8 Å². The van der Waals surface area contributed by atoms with Crippen LogP contribution in [-0.4, -0.2) is 37.3 Å². The number of thioether (sulfide) groups is 1. The van der Waals surface area contributed by atoms with Crippen molar-refractivity contribution in [3.63, 3.8) is 0 Å². The van der Waals surface area contributed by atoms with Crippen molar-refractivity contribution in [3.05, 3.63) is 45.8 Å². The number of nitrogens with one attached hydrogen (secondary N) is 2. The molecule has 2 N–H and O–H groups in total. The highest BCUT2D eigenvalue weighted by atomic mass is 32.2. The van der Waals surface area contributed by atoms with Gasteiger partial charge in [-0.15, -0.1) is 23.1 Å². The Morgan fingerprint density at radius 3 is 2.82 bits per heavy atom. The predicted octanol–water partition coefficient (Wildman–Crippen LogP) is 3.25. The van der Waals surface area contributed by atoms with E-state index in [1.807, 2.05) is 24.5 Å². The number of carbonyl (C=O) groups is 2. The van der Waals surface area contributed by atoms with E-state index in [0.29, 0.717) is 28.8 Å². The van der Waals surface area contributed by atoms with E-state index in [1.54, 1.807) is 24.8 Å². The summed E-state index contributed by atoms with van der Waals surface area (Å²) in [5.74, 6) is -0.547. The number of carbonyl (C=O) groups excluding carboxylic acids is 2. The molecule has 1 amide bonds. The summed E-state index contributed by atoms with van der Waals surface area (Å²) >= 11 is 3.10. The molecule has 0 saturated carbocycles. The first-order chi connectivity index (χ1) is 13.4. The monoisotopic (exact) mass is 419 g/mol. The van der Waals surface area contributed by atoms with Gasteiger partial charge in [-0.1, -0.05) is 6.07 Å². The van der Waals surface area contributed by atoms with Crippen molar-refractivity contribution >= 4 is 40.0 Å². The van der Waals surface area contributed by atoms with E-state index in [1.165, 1.54) is 21.1 Å². The number of esters is 1. The molecular formula is C21H27N2O3S2+. The molecule has 0 bridgehead atoms. The maximum absolute atomic E-state index is 12.8. The van der Waals surface area contributed by atoms with Crippen molar-refractivity contribution in [2.45, 2.75) is 44.7 Å². The molecule has 0 radical (unpaired) electrons. The SMILES string of the molecule is CCOC(=O)c1c(NC(=O)c2cccc(SC)c2)sc2c1CC[NH+](C(C)C)C2. The van der Waals surface area contributed by atoms with E-state index < -0.39 is 0 Å². The van der Waals surface area contributed by atoms with Gasteiger partial charge in [-0.3, -0.25) is 4.79 Å². The molecule has 0 spiro atoms. The lowest BCUT2D eigenvalue weighted by molar-refractivity contribution is -0.936. The van der Waals surface area contributed by atoms with Gasteiger partial charge in [0.25, 0.3) is 5.91 Å². The molecule has 0 aliphatic carbocycles. The molecule has 1 aromatic carbocycles. The maximum atomic E-state index is 12.8. The van der Waals surface area contributed by atoms with Crippen LogP contribution in [0.25, 0.3) is 0 Å². The fourth-order valence-corrected chi connectivity index (χ4v) is 5.18. The van der Waals surface area contributed by atoms with Gasteiger partial charge >= 0.3 is 5.97 Å². The Labute approximate surface area is 174 Å². The first-order valence-electron chi connectivity index (χ1n) is 9.56. The summed E-state index contributed by atoms with van der Waals surface area (Å²) in [7, 11) is 0. The average molecular weight is 420 g/mol. The summed E-state index contributed by atoms with van der Waals surface area (Å²) in [6.45, 7) is 8.39. The lowest BCUT2D eigenvalue weighted by Gasteiger charge is -2.27. The summed E-state index contributed by atoms with van der Waals surface area (Å²) in [5, 5.41) is 3.58. The number of thiophene rings is 1. The van der Waals surface area contributed by atoms with Crippen molar-refractivity contribution in [3.8, 4) is 0 Å². The molecule has 0 saturated heterocycles. The number of quaternary nitrogens is 1. The number of hydrogen-bond donors (Lipinski definition) is 2. The zero-order valence-corrected chi connectivity index (χ0v) is 18.4. The highest BCUT2D eigenvalue weighted by Gasteiger charge is 2.32. The van der Waals surface area contributed by atoms with Gasteiger partial charge in [-0.25, -0.2) is 4.79 Å². The summed E-state index contributed by atoms with van der Waals surface area (Å²) < 4.78 is 5.30. The molecule has 150 valence electrons. The van der Waals surface area contributed by atoms with Crippen molar-refractivity contribution in [2.75, 3.05) is 24.7 Å². The van der Waals surface area contributed by atoms with Crippen LogP contribution in [0, 0.1) is 0 Å². The maximum Gasteiger partial charge on any atom is 0.341 e. The summed E-state index contributed by atoms with van der Waals surface area (Å²) in [5.41, 5.74) is 2.17. The van der Waals surface area contributed by atoms with Gasteiger partial charge < -0.3 is 15.0 Å². The van der Waals surface area contributed by atoms with Crippen molar-refractivity contribution < 1.29 is 19.2 Å². The lowest BCUT2D eigenvalue weighted by atomic mass is 10.0. The Morgan fingerprint density at radius 2 is 2.14 bits per heavy atom. The van der Waals surface area contributed by atoms with E-state index in [9.17, 15) is 9.59 Å². The normalized spacial score (nSPS) is 16.0. The quantitative estimate of drug-likeness (QED) is 0.557. The molecule has 7 heteroatoms. The highest BCUT2D eigenvalue weighted by Crippen LogP contribution is 2.35. The fourth-order valence-electron chi connectivity index (χ4n) is 3.44. The van der Waals surface area contributed by atoms with Crippen LogP contribution in [0.1, 0.15) is 51.9 Å². The summed E-state index contributed by atoms with van der Waals surface area (Å²) in [6, 6.07) is 8.02. The second-order valence-electron chi connectivity index (χ2n) is 7.10. The van der Waals surface area contributed by atoms with Crippen molar-refractivity contribution in [2.24, 2.45) is 0 Å². The molecule has 0 fully saturated rings. The molecule has 5 nitrogen and oxygen atoms in total. The number of amides is 1. The van der Waals surface area contributed by atoms with Gasteiger partial charge in [0.1, 0.15) is 11.5 Å². The fraction of sp³-hybridized carbons (Fsp3) is 0.429. The third kappa shape index (κ3) is 4.42. The number of rotatable bonds is 6. The van der Waals surface area contributed by atoms with E-state index in [2.05, 4.69) is 19.2 Å². The van der Waals surface area contributed by atoms with Gasteiger partial charge in [-0.05, 0) is 50.8 Å². The third-order valence-electron chi connectivity index (χ3n) is 5.03. The summed E-state index contributed by atoms with van der Waals surface area (Å²) in [4.78, 5) is 29.2. The molecule has 2 heterocycles. The highest BCUT2D eigenvalue weighted by molar-refractivity contribution is 7.98. The first kappa shape index (κ1) is 20.9. The zero-order chi connectivity index (χ0) is 20.3. The molecule has 1 aliphatic heterocycles. The van der Waals surface area contributed by atoms with E-state index in [-0.39, 0.29) is 11.9 Å². The van der Waals surface area contributed by atoms with Crippen molar-refractivity contribution in [1.29, 1.82) is 0 Å². The molecule has 28 heavy (non-hydrogen) atoms. The smallest absolute Gasteiger partial charge is 0.341 e. The van der Waals surface area contributed by atoms with Crippen LogP contribution in [0.2, 0.25) is 0 Å². The van der Waals surface area contributed by atoms with Crippen LogP contribution in [0.15, 0.2) is 29.2 Å². The van der Waals surface area contributed by atoms with Gasteiger partial charge in [0.15, 0.2) is 0 Å². The number of anilines is 1. The van der Waals surface area contributed by atoms with Crippen LogP contribution in [0.4, 0.5) is 5.00 Å². The van der Waals surface area contributed by atoms with E-state index in [4.69, 9.17) is 4.74 Å². The molecule has 3 rings (SSSR count). The molecule has 1 aliphatic rings. The largest absolute Gasteiger partial charge is 0.462 e. The average Bonchev–Trinajstić information content (AvgIpc) is 3.05. The predicted molar refractivity (Wildman–Crippen MR) is 115 cm³/mol. The van der Waals surface area contributed by atoms with Gasteiger partial charge in [0.2, 0.25) is 0 Å². The minimum absolute atomic E-state index is 0.201. The zero-order valence-electron chi connectivity index (χ0n) is 16.8. The molecule has 1 atom stereocenters. The Bertz CT molecular complexity index is 877. The molecule has 1 aromatic heterocycles. The lowest BCUT2D eigenvalue weighted by Crippen LogP contribution is -3.14. The van der Waals surface area contributed by atoms with Gasteiger partial charge in [0.05, 0.1) is 29.6 Å². The molecule has 1 unspecified atom stereocenters. The number of benzene rings is 1. The van der Waals surface area contributed by atoms with Crippen LogP contribution in [0.3, 0.4) is 0 Å². The van der Waals surface area contributed by atoms with Gasteiger partial charge in [0, 0.05) is 16.9 Å². The first-order valence-corrected chi connectivity index (χ1v) is 11.6. The van der Waals surface area contributed by atoms with E-state index in [0.717, 1.165) is 30.0 Å². The Hall–Kier alpha value is -1.83. The van der Waals surface area contributed by atoms with Crippen LogP contribution in [0.5, 0.6) is 0 Å². The molecular weight excluding hydrogens is 392 g/mol. The number of hydrogen-bond acceptors (Lipinski definition) is 5. The van der Waals surface area contributed by atoms with Crippen LogP contribution >= 0.6 is 23.1 Å². The van der Waals surface area contributed by atoms with Crippen LogP contribution < -0.4 is 10.2 Å². The van der Waals surface area contributed by atoms with Gasteiger partial charge in [-0.2, -0.15) is 0 Å².